The summed E-state index contributed by atoms with van der Waals surface area (Å²) in [7, 11) is 0. The first-order chi connectivity index (χ1) is 44.5. The van der Waals surface area contributed by atoms with Crippen molar-refractivity contribution in [1.82, 2.24) is 5.32 Å². The van der Waals surface area contributed by atoms with E-state index in [2.05, 4.69) is 55.6 Å². The van der Waals surface area contributed by atoms with Crippen molar-refractivity contribution in [3.8, 4) is 0 Å². The molecule has 2 unspecified atom stereocenters. The average molecular weight is 1260 g/mol. The van der Waals surface area contributed by atoms with Gasteiger partial charge in [0.15, 0.2) is 0 Å². The number of amides is 1. The Kier molecular flexibility index (Phi) is 77.3. The largest absolute Gasteiger partial charge is 0.466 e. The molecule has 0 aromatic rings. The molecule has 0 aliphatic carbocycles. The van der Waals surface area contributed by atoms with Crippen molar-refractivity contribution < 1.29 is 24.5 Å². The minimum absolute atomic E-state index is 0.00620. The number of nitrogens with one attached hydrogen (secondary N) is 1. The van der Waals surface area contributed by atoms with E-state index in [1.807, 2.05) is 6.08 Å². The Morgan fingerprint density at radius 3 is 0.900 bits per heavy atom. The number of allylic oxidation sites excluding steroid dienone is 7. The van der Waals surface area contributed by atoms with Crippen LogP contribution in [0.1, 0.15) is 450 Å². The molecule has 0 aromatic heterocycles. The number of rotatable bonds is 77. The Balaban J connectivity index is 3.36. The van der Waals surface area contributed by atoms with Crippen molar-refractivity contribution in [1.29, 1.82) is 0 Å². The molecule has 0 spiro atoms. The molecule has 0 bridgehead atoms. The molecule has 90 heavy (non-hydrogen) atoms. The van der Waals surface area contributed by atoms with Crippen LogP contribution in [0.15, 0.2) is 48.6 Å². The zero-order valence-corrected chi connectivity index (χ0v) is 60.9. The molecule has 0 saturated heterocycles. The molecular weight excluding hydrogens is 1100 g/mol. The molecule has 0 saturated carbocycles. The van der Waals surface area contributed by atoms with Crippen LogP contribution in [0.4, 0.5) is 0 Å². The lowest BCUT2D eigenvalue weighted by Gasteiger charge is -2.20. The van der Waals surface area contributed by atoms with Crippen molar-refractivity contribution in [2.45, 2.75) is 463 Å². The molecule has 6 nitrogen and oxygen atoms in total. The SMILES string of the molecule is CCC/C=C\C/C=C\CCCCCCCC(=O)OCCCCCCCCCCCCCCCCCC/C=C\CCCCCCCCCCCCCCCCCCCC(=O)NC(CO)C(O)/C=C/CCCCCCCCCCCCCCCCCCCCCCC. The number of carbonyl (C=O) groups is 2. The molecule has 0 heterocycles. The summed E-state index contributed by atoms with van der Waals surface area (Å²) in [6, 6.07) is -0.627. The number of unbranched alkanes of at least 4 members (excludes halogenated alkanes) is 60. The molecule has 2 atom stereocenters. The fraction of sp³-hybridized carbons (Fsp3) is 0.881. The number of aliphatic hydroxyl groups excluding tert-OH is 2. The molecule has 0 aliphatic rings. The van der Waals surface area contributed by atoms with Gasteiger partial charge in [0, 0.05) is 12.8 Å². The Bertz CT molecular complexity index is 1500. The second-order valence-electron chi connectivity index (χ2n) is 28.1. The van der Waals surface area contributed by atoms with Gasteiger partial charge in [-0.3, -0.25) is 9.59 Å². The van der Waals surface area contributed by atoms with Gasteiger partial charge < -0.3 is 20.3 Å². The lowest BCUT2D eigenvalue weighted by Crippen LogP contribution is -2.45. The van der Waals surface area contributed by atoms with Crippen LogP contribution in [-0.2, 0) is 14.3 Å². The first-order valence-electron chi connectivity index (χ1n) is 40.9. The average Bonchev–Trinajstić information content (AvgIpc) is 3.71. The van der Waals surface area contributed by atoms with Crippen LogP contribution in [0.25, 0.3) is 0 Å². The molecule has 0 fully saturated rings. The van der Waals surface area contributed by atoms with Crippen molar-refractivity contribution in [3.05, 3.63) is 48.6 Å². The van der Waals surface area contributed by atoms with Gasteiger partial charge in [-0.25, -0.2) is 0 Å². The smallest absolute Gasteiger partial charge is 0.305 e. The van der Waals surface area contributed by atoms with E-state index >= 15 is 0 Å². The lowest BCUT2D eigenvalue weighted by molar-refractivity contribution is -0.143. The summed E-state index contributed by atoms with van der Waals surface area (Å²) in [4.78, 5) is 24.6. The molecule has 1 amide bonds. The number of ether oxygens (including phenoxy) is 1. The molecule has 0 radical (unpaired) electrons. The fourth-order valence-corrected chi connectivity index (χ4v) is 12.8. The normalized spacial score (nSPS) is 12.7. The number of hydrogen-bond acceptors (Lipinski definition) is 5. The second-order valence-corrected chi connectivity index (χ2v) is 28.1. The van der Waals surface area contributed by atoms with E-state index in [9.17, 15) is 19.8 Å². The van der Waals surface area contributed by atoms with E-state index in [1.54, 1.807) is 6.08 Å². The molecule has 0 aliphatic heterocycles. The summed E-state index contributed by atoms with van der Waals surface area (Å²) in [6.45, 7) is 4.88. The Hall–Kier alpha value is -2.18. The third kappa shape index (κ3) is 74.9. The quantitative estimate of drug-likeness (QED) is 0.0320. The van der Waals surface area contributed by atoms with Crippen molar-refractivity contribution >= 4 is 11.9 Å². The van der Waals surface area contributed by atoms with Gasteiger partial charge in [-0.15, -0.1) is 0 Å². The van der Waals surface area contributed by atoms with Crippen LogP contribution in [0.3, 0.4) is 0 Å². The van der Waals surface area contributed by atoms with Crippen LogP contribution >= 0.6 is 0 Å². The van der Waals surface area contributed by atoms with Gasteiger partial charge in [0.25, 0.3) is 0 Å². The summed E-state index contributed by atoms with van der Waals surface area (Å²) in [5.41, 5.74) is 0. The highest BCUT2D eigenvalue weighted by Crippen LogP contribution is 2.20. The van der Waals surface area contributed by atoms with Crippen LogP contribution in [0, 0.1) is 0 Å². The lowest BCUT2D eigenvalue weighted by atomic mass is 10.0. The minimum Gasteiger partial charge on any atom is -0.466 e. The van der Waals surface area contributed by atoms with Crippen molar-refractivity contribution in [2.75, 3.05) is 13.2 Å². The highest BCUT2D eigenvalue weighted by Gasteiger charge is 2.18. The summed E-state index contributed by atoms with van der Waals surface area (Å²) in [5.74, 6) is -0.0531. The molecule has 0 aromatic carbocycles. The van der Waals surface area contributed by atoms with E-state index in [1.165, 1.54) is 372 Å². The molecular formula is C84H159NO5. The predicted octanol–water partition coefficient (Wildman–Crippen LogP) is 27.2. The minimum atomic E-state index is -0.844. The summed E-state index contributed by atoms with van der Waals surface area (Å²) in [6.07, 6.45) is 105. The highest BCUT2D eigenvalue weighted by molar-refractivity contribution is 5.76. The standard InChI is InChI=1S/C84H159NO5/c1-3-5-7-9-11-13-15-17-18-19-20-21-37-40-43-46-49-53-56-60-64-68-72-76-82(87)81(80-86)85-83(88)77-73-69-65-61-57-54-50-47-44-41-38-35-33-31-29-27-25-23-22-24-26-28-30-32-34-36-39-42-45-48-51-55-59-63-67-71-75-79-90-84(89)78-74-70-66-62-58-52-16-14-12-10-8-6-4-2/h8,10,14,16,22,24,72,76,81-82,86-87H,3-7,9,11-13,15,17-21,23,25-71,73-75,77-80H2,1-2H3,(H,85,88)/b10-8-,16-14-,24-22-,76-72+. The predicted molar refractivity (Wildman–Crippen MR) is 398 cm³/mol. The van der Waals surface area contributed by atoms with Gasteiger partial charge in [0.05, 0.1) is 25.4 Å². The third-order valence-electron chi connectivity index (χ3n) is 19.0. The number of hydrogen-bond donors (Lipinski definition) is 3. The Labute approximate surface area is 563 Å². The Morgan fingerprint density at radius 1 is 0.311 bits per heavy atom. The van der Waals surface area contributed by atoms with E-state index in [-0.39, 0.29) is 18.5 Å². The third-order valence-corrected chi connectivity index (χ3v) is 19.0. The molecule has 530 valence electrons. The monoisotopic (exact) mass is 1260 g/mol. The first kappa shape index (κ1) is 87.8. The van der Waals surface area contributed by atoms with E-state index in [0.29, 0.717) is 19.4 Å². The van der Waals surface area contributed by atoms with Crippen molar-refractivity contribution in [2.24, 2.45) is 0 Å². The number of aliphatic hydroxyl groups is 2. The topological polar surface area (TPSA) is 95.9 Å². The number of carbonyl (C=O) groups excluding carboxylic acids is 2. The van der Waals surface area contributed by atoms with Crippen LogP contribution in [0.2, 0.25) is 0 Å². The van der Waals surface area contributed by atoms with Gasteiger partial charge >= 0.3 is 5.97 Å². The van der Waals surface area contributed by atoms with Gasteiger partial charge in [0.1, 0.15) is 0 Å². The molecule has 3 N–H and O–H groups in total. The van der Waals surface area contributed by atoms with E-state index < -0.39 is 12.1 Å². The van der Waals surface area contributed by atoms with Gasteiger partial charge in [0.2, 0.25) is 5.91 Å². The summed E-state index contributed by atoms with van der Waals surface area (Å²) < 4.78 is 5.48. The maximum absolute atomic E-state index is 12.6. The fourth-order valence-electron chi connectivity index (χ4n) is 12.8. The van der Waals surface area contributed by atoms with Crippen LogP contribution in [0.5, 0.6) is 0 Å². The van der Waals surface area contributed by atoms with Crippen LogP contribution in [-0.4, -0.2) is 47.4 Å². The van der Waals surface area contributed by atoms with E-state index in [0.717, 1.165) is 51.4 Å². The maximum Gasteiger partial charge on any atom is 0.305 e. The van der Waals surface area contributed by atoms with E-state index in [4.69, 9.17) is 4.74 Å². The second kappa shape index (κ2) is 79.3. The van der Waals surface area contributed by atoms with Crippen molar-refractivity contribution in [3.63, 3.8) is 0 Å². The summed E-state index contributed by atoms with van der Waals surface area (Å²) in [5, 5.41) is 23.3. The number of esters is 1. The zero-order chi connectivity index (χ0) is 64.9. The van der Waals surface area contributed by atoms with Crippen LogP contribution < -0.4 is 5.32 Å². The van der Waals surface area contributed by atoms with Gasteiger partial charge in [-0.05, 0) is 83.5 Å². The Morgan fingerprint density at radius 2 is 0.578 bits per heavy atom. The highest BCUT2D eigenvalue weighted by atomic mass is 16.5. The van der Waals surface area contributed by atoms with Gasteiger partial charge in [-0.2, -0.15) is 0 Å². The zero-order valence-electron chi connectivity index (χ0n) is 60.9. The summed E-state index contributed by atoms with van der Waals surface area (Å²) >= 11 is 0. The van der Waals surface area contributed by atoms with Gasteiger partial charge in [-0.1, -0.05) is 403 Å². The molecule has 0 rings (SSSR count). The molecule has 6 heteroatoms. The first-order valence-corrected chi connectivity index (χ1v) is 40.9. The maximum atomic E-state index is 12.6.